The van der Waals surface area contributed by atoms with E-state index in [1.807, 2.05) is 26.0 Å². The van der Waals surface area contributed by atoms with Crippen molar-refractivity contribution in [3.05, 3.63) is 41.2 Å². The highest BCUT2D eigenvalue weighted by Gasteiger charge is 2.17. The number of benzene rings is 1. The van der Waals surface area contributed by atoms with Crippen LogP contribution in [0.15, 0.2) is 33.9 Å². The van der Waals surface area contributed by atoms with Crippen LogP contribution >= 0.6 is 11.8 Å². The Hall–Kier alpha value is -2.74. The predicted molar refractivity (Wildman–Crippen MR) is 107 cm³/mol. The molecule has 3 rings (SSSR count). The highest BCUT2D eigenvalue weighted by molar-refractivity contribution is 7.99. The van der Waals surface area contributed by atoms with E-state index >= 15 is 0 Å². The Morgan fingerprint density at radius 3 is 2.54 bits per heavy atom. The zero-order valence-electron chi connectivity index (χ0n) is 16.6. The van der Waals surface area contributed by atoms with Gasteiger partial charge < -0.3 is 18.5 Å². The molecule has 0 aliphatic carbocycles. The van der Waals surface area contributed by atoms with E-state index < -0.39 is 0 Å². The summed E-state index contributed by atoms with van der Waals surface area (Å²) in [6.45, 7) is 6.89. The lowest BCUT2D eigenvalue weighted by Crippen LogP contribution is -2.05. The van der Waals surface area contributed by atoms with Crippen LogP contribution in [0.4, 0.5) is 0 Å². The molecule has 0 fully saturated rings. The Bertz CT molecular complexity index is 993. The fraction of sp³-hybridized carbons (Fsp3) is 0.350. The topological polar surface area (TPSA) is 79.4 Å². The Morgan fingerprint density at radius 1 is 1.14 bits per heavy atom. The lowest BCUT2D eigenvalue weighted by molar-refractivity contribution is 0.102. The van der Waals surface area contributed by atoms with E-state index in [1.165, 1.54) is 11.8 Å². The highest BCUT2D eigenvalue weighted by Crippen LogP contribution is 2.32. The first-order chi connectivity index (χ1) is 13.5. The minimum Gasteiger partial charge on any atom is -0.493 e. The summed E-state index contributed by atoms with van der Waals surface area (Å²) in [6, 6.07) is 7.29. The number of nitrogens with zero attached hydrogens (tertiary/aromatic N) is 3. The first-order valence-electron chi connectivity index (χ1n) is 8.87. The van der Waals surface area contributed by atoms with Crippen molar-refractivity contribution >= 4 is 17.5 Å². The fourth-order valence-corrected chi connectivity index (χ4v) is 3.78. The molecule has 1 aromatic carbocycles. The van der Waals surface area contributed by atoms with Gasteiger partial charge in [-0.1, -0.05) is 11.8 Å². The molecule has 8 heteroatoms. The van der Waals surface area contributed by atoms with Crippen LogP contribution in [0.2, 0.25) is 0 Å². The Morgan fingerprint density at radius 2 is 1.89 bits per heavy atom. The molecule has 28 heavy (non-hydrogen) atoms. The first kappa shape index (κ1) is 20.0. The van der Waals surface area contributed by atoms with Gasteiger partial charge in [-0.2, -0.15) is 0 Å². The zero-order valence-corrected chi connectivity index (χ0v) is 17.4. The largest absolute Gasteiger partial charge is 0.493 e. The molecule has 0 N–H and O–H groups in total. The number of hydrogen-bond donors (Lipinski definition) is 0. The van der Waals surface area contributed by atoms with Crippen molar-refractivity contribution in [3.8, 4) is 23.0 Å². The number of ether oxygens (including phenoxy) is 2. The average Bonchev–Trinajstić information content (AvgIpc) is 3.29. The van der Waals surface area contributed by atoms with Gasteiger partial charge in [-0.25, -0.2) is 0 Å². The normalized spacial score (nSPS) is 10.9. The monoisotopic (exact) mass is 401 g/mol. The molecule has 0 radical (unpaired) electrons. The quantitative estimate of drug-likeness (QED) is 0.414. The maximum Gasteiger partial charge on any atom is 0.277 e. The lowest BCUT2D eigenvalue weighted by atomic mass is 10.2. The van der Waals surface area contributed by atoms with Crippen LogP contribution in [0, 0.1) is 13.8 Å². The van der Waals surface area contributed by atoms with Gasteiger partial charge in [-0.3, -0.25) is 4.79 Å². The van der Waals surface area contributed by atoms with Crippen LogP contribution in [-0.4, -0.2) is 40.5 Å². The molecule has 0 bridgehead atoms. The Labute approximate surface area is 168 Å². The summed E-state index contributed by atoms with van der Waals surface area (Å²) in [6.07, 6.45) is 0. The fourth-order valence-electron chi connectivity index (χ4n) is 3.13. The van der Waals surface area contributed by atoms with E-state index in [2.05, 4.69) is 21.7 Å². The summed E-state index contributed by atoms with van der Waals surface area (Å²) in [7, 11) is 3.14. The molecule has 7 nitrogen and oxygen atoms in total. The van der Waals surface area contributed by atoms with Crippen LogP contribution in [0.25, 0.3) is 11.5 Å². The molecule has 0 aliphatic rings. The minimum atomic E-state index is 0.0451. The molecule has 0 aliphatic heterocycles. The van der Waals surface area contributed by atoms with E-state index in [-0.39, 0.29) is 11.5 Å². The van der Waals surface area contributed by atoms with Gasteiger partial charge in [0.1, 0.15) is 0 Å². The molecule has 0 atom stereocenters. The van der Waals surface area contributed by atoms with Gasteiger partial charge >= 0.3 is 0 Å². The van der Waals surface area contributed by atoms with Gasteiger partial charge in [0.15, 0.2) is 17.3 Å². The van der Waals surface area contributed by atoms with Crippen LogP contribution < -0.4 is 9.47 Å². The van der Waals surface area contributed by atoms with Gasteiger partial charge in [0, 0.05) is 29.1 Å². The summed E-state index contributed by atoms with van der Waals surface area (Å²) >= 11 is 1.23. The Kier molecular flexibility index (Phi) is 6.08. The number of thioether (sulfide) groups is 1. The van der Waals surface area contributed by atoms with E-state index in [4.69, 9.17) is 13.9 Å². The second-order valence-corrected chi connectivity index (χ2v) is 7.11. The van der Waals surface area contributed by atoms with Gasteiger partial charge in [-0.05, 0) is 45.0 Å². The highest BCUT2D eigenvalue weighted by atomic mass is 32.2. The van der Waals surface area contributed by atoms with Crippen molar-refractivity contribution < 1.29 is 18.7 Å². The third-order valence-corrected chi connectivity index (χ3v) is 5.37. The minimum absolute atomic E-state index is 0.0451. The van der Waals surface area contributed by atoms with Crippen molar-refractivity contribution in [2.24, 2.45) is 0 Å². The van der Waals surface area contributed by atoms with Crippen LogP contribution in [0.3, 0.4) is 0 Å². The molecule has 2 heterocycles. The number of hydrogen-bond acceptors (Lipinski definition) is 7. The van der Waals surface area contributed by atoms with Crippen molar-refractivity contribution in [1.29, 1.82) is 0 Å². The molecular weight excluding hydrogens is 378 g/mol. The summed E-state index contributed by atoms with van der Waals surface area (Å²) in [5.74, 6) is 1.84. The van der Waals surface area contributed by atoms with E-state index in [1.54, 1.807) is 26.4 Å². The number of ketones is 1. The standard InChI is InChI=1S/C20H23N3O4S/c1-6-23-12(2)9-15(13(23)3)16(24)11-28-20-22-21-19(27-20)14-7-8-17(25-4)18(10-14)26-5/h7-10H,6,11H2,1-5H3. The number of aryl methyl sites for hydroxylation is 1. The number of methoxy groups -OCH3 is 2. The smallest absolute Gasteiger partial charge is 0.277 e. The number of aromatic nitrogens is 3. The average molecular weight is 401 g/mol. The number of rotatable bonds is 8. The number of carbonyl (C=O) groups excluding carboxylic acids is 1. The molecule has 0 unspecified atom stereocenters. The van der Waals surface area contributed by atoms with Crippen molar-refractivity contribution in [1.82, 2.24) is 14.8 Å². The van der Waals surface area contributed by atoms with Crippen molar-refractivity contribution in [3.63, 3.8) is 0 Å². The van der Waals surface area contributed by atoms with E-state index in [9.17, 15) is 4.79 Å². The predicted octanol–water partition coefficient (Wildman–Crippen LogP) is 4.17. The molecule has 2 aromatic heterocycles. The second kappa shape index (κ2) is 8.52. The third kappa shape index (κ3) is 3.91. The van der Waals surface area contributed by atoms with Gasteiger partial charge in [-0.15, -0.1) is 10.2 Å². The van der Waals surface area contributed by atoms with Gasteiger partial charge in [0.2, 0.25) is 5.89 Å². The molecule has 0 saturated carbocycles. The SMILES string of the molecule is CCn1c(C)cc(C(=O)CSc2nnc(-c3ccc(OC)c(OC)c3)o2)c1C. The number of carbonyl (C=O) groups is 1. The molecule has 3 aromatic rings. The summed E-state index contributed by atoms with van der Waals surface area (Å²) in [5.41, 5.74) is 3.53. The third-order valence-electron chi connectivity index (χ3n) is 4.55. The van der Waals surface area contributed by atoms with Gasteiger partial charge in [0.25, 0.3) is 5.22 Å². The summed E-state index contributed by atoms with van der Waals surface area (Å²) < 4.78 is 18.4. The lowest BCUT2D eigenvalue weighted by Gasteiger charge is -2.07. The summed E-state index contributed by atoms with van der Waals surface area (Å²) in [5, 5.41) is 8.45. The van der Waals surface area contributed by atoms with Crippen molar-refractivity contribution in [2.45, 2.75) is 32.5 Å². The molecule has 148 valence electrons. The maximum absolute atomic E-state index is 12.6. The Balaban J connectivity index is 1.71. The maximum atomic E-state index is 12.6. The molecule has 0 spiro atoms. The number of Topliss-reactive ketones (excluding diaryl/α,β-unsaturated/α-hetero) is 1. The molecule has 0 saturated heterocycles. The summed E-state index contributed by atoms with van der Waals surface area (Å²) in [4.78, 5) is 12.6. The molecule has 0 amide bonds. The van der Waals surface area contributed by atoms with Gasteiger partial charge in [0.05, 0.1) is 20.0 Å². The van der Waals surface area contributed by atoms with Crippen LogP contribution in [0.1, 0.15) is 28.7 Å². The van der Waals surface area contributed by atoms with Crippen molar-refractivity contribution in [2.75, 3.05) is 20.0 Å². The first-order valence-corrected chi connectivity index (χ1v) is 9.85. The van der Waals surface area contributed by atoms with E-state index in [0.717, 1.165) is 29.1 Å². The second-order valence-electron chi connectivity index (χ2n) is 6.18. The zero-order chi connectivity index (χ0) is 20.3. The molecular formula is C20H23N3O4S. The van der Waals surface area contributed by atoms with Crippen LogP contribution in [-0.2, 0) is 6.54 Å². The van der Waals surface area contributed by atoms with Crippen LogP contribution in [0.5, 0.6) is 11.5 Å². The van der Waals surface area contributed by atoms with E-state index in [0.29, 0.717) is 22.6 Å².